The molecule has 0 aliphatic carbocycles. The molecular formula is C9H6N2S. The van der Waals surface area contributed by atoms with E-state index in [9.17, 15) is 0 Å². The Labute approximate surface area is 74.2 Å². The molecule has 0 N–H and O–H groups in total. The second-order valence-electron chi connectivity index (χ2n) is 2.59. The van der Waals surface area contributed by atoms with E-state index in [2.05, 4.69) is 10.4 Å². The molecule has 0 fully saturated rings. The van der Waals surface area contributed by atoms with Crippen LogP contribution in [0.1, 0.15) is 11.3 Å². The topological polar surface area (TPSA) is 36.7 Å². The normalized spacial score (nSPS) is 10.0. The van der Waals surface area contributed by atoms with Crippen molar-refractivity contribution in [3.8, 4) is 6.07 Å². The average molecular weight is 174 g/mol. The minimum atomic E-state index is 0.700. The Bertz CT molecular complexity index is 465. The van der Waals surface area contributed by atoms with Gasteiger partial charge in [0.15, 0.2) is 0 Å². The molecule has 0 saturated heterocycles. The number of benzene rings is 1. The Hall–Kier alpha value is -1.40. The molecule has 0 saturated carbocycles. The lowest BCUT2D eigenvalue weighted by atomic mass is 10.1. The van der Waals surface area contributed by atoms with Crippen molar-refractivity contribution in [1.82, 2.24) is 4.37 Å². The van der Waals surface area contributed by atoms with Gasteiger partial charge >= 0.3 is 0 Å². The van der Waals surface area contributed by atoms with Crippen LogP contribution < -0.4 is 0 Å². The molecule has 1 heterocycles. The second kappa shape index (κ2) is 2.58. The zero-order chi connectivity index (χ0) is 8.55. The summed E-state index contributed by atoms with van der Waals surface area (Å²) in [4.78, 5) is 0. The molecule has 0 bridgehead atoms. The van der Waals surface area contributed by atoms with Crippen molar-refractivity contribution >= 4 is 21.6 Å². The molecule has 1 aromatic carbocycles. The Morgan fingerprint density at radius 3 is 3.08 bits per heavy atom. The van der Waals surface area contributed by atoms with Crippen molar-refractivity contribution in [2.45, 2.75) is 6.92 Å². The van der Waals surface area contributed by atoms with Gasteiger partial charge in [-0.25, -0.2) is 0 Å². The van der Waals surface area contributed by atoms with Gasteiger partial charge in [-0.1, -0.05) is 0 Å². The van der Waals surface area contributed by atoms with Crippen LogP contribution in [0.4, 0.5) is 0 Å². The van der Waals surface area contributed by atoms with E-state index in [1.54, 1.807) is 0 Å². The lowest BCUT2D eigenvalue weighted by Gasteiger charge is -1.89. The van der Waals surface area contributed by atoms with Gasteiger partial charge in [0.25, 0.3) is 0 Å². The van der Waals surface area contributed by atoms with Gasteiger partial charge in [-0.05, 0) is 36.7 Å². The van der Waals surface area contributed by atoms with Crippen LogP contribution in [0.15, 0.2) is 18.2 Å². The van der Waals surface area contributed by atoms with Crippen LogP contribution >= 0.6 is 11.5 Å². The number of aryl methyl sites for hydroxylation is 1. The first-order chi connectivity index (χ1) is 5.81. The van der Waals surface area contributed by atoms with Crippen LogP contribution in [-0.2, 0) is 0 Å². The van der Waals surface area contributed by atoms with Crippen molar-refractivity contribution in [3.05, 3.63) is 29.5 Å². The highest BCUT2D eigenvalue weighted by Gasteiger charge is 2.01. The third-order valence-corrected chi connectivity index (χ3v) is 2.70. The van der Waals surface area contributed by atoms with E-state index >= 15 is 0 Å². The number of rotatable bonds is 0. The number of hydrogen-bond donors (Lipinski definition) is 0. The SMILES string of the molecule is Cc1nsc2ccc(C#N)cc12. The van der Waals surface area contributed by atoms with Crippen LogP contribution in [0.3, 0.4) is 0 Å². The van der Waals surface area contributed by atoms with Gasteiger partial charge in [-0.3, -0.25) is 0 Å². The summed E-state index contributed by atoms with van der Waals surface area (Å²) in [6.07, 6.45) is 0. The summed E-state index contributed by atoms with van der Waals surface area (Å²) < 4.78 is 5.35. The molecule has 0 radical (unpaired) electrons. The lowest BCUT2D eigenvalue weighted by molar-refractivity contribution is 1.37. The predicted molar refractivity (Wildman–Crippen MR) is 49.1 cm³/mol. The predicted octanol–water partition coefficient (Wildman–Crippen LogP) is 2.48. The minimum Gasteiger partial charge on any atom is -0.197 e. The Kier molecular flexibility index (Phi) is 1.56. The Morgan fingerprint density at radius 2 is 2.33 bits per heavy atom. The number of fused-ring (bicyclic) bond motifs is 1. The standard InChI is InChI=1S/C9H6N2S/c1-6-8-4-7(5-10)2-3-9(8)12-11-6/h2-4H,1H3. The number of nitrogens with zero attached hydrogens (tertiary/aromatic N) is 2. The molecule has 0 spiro atoms. The van der Waals surface area contributed by atoms with E-state index in [1.807, 2.05) is 25.1 Å². The number of nitriles is 1. The molecule has 0 amide bonds. The van der Waals surface area contributed by atoms with Gasteiger partial charge in [0, 0.05) is 5.39 Å². The minimum absolute atomic E-state index is 0.700. The molecule has 3 heteroatoms. The quantitative estimate of drug-likeness (QED) is 0.615. The maximum atomic E-state index is 8.66. The monoisotopic (exact) mass is 174 g/mol. The molecule has 1 aromatic heterocycles. The van der Waals surface area contributed by atoms with Crippen LogP contribution in [0.2, 0.25) is 0 Å². The fourth-order valence-corrected chi connectivity index (χ4v) is 1.90. The van der Waals surface area contributed by atoms with E-state index < -0.39 is 0 Å². The molecule has 0 aliphatic rings. The van der Waals surface area contributed by atoms with Crippen LogP contribution in [0.25, 0.3) is 10.1 Å². The maximum Gasteiger partial charge on any atom is 0.0991 e. The zero-order valence-corrected chi connectivity index (χ0v) is 7.35. The highest BCUT2D eigenvalue weighted by Crippen LogP contribution is 2.22. The third-order valence-electron chi connectivity index (χ3n) is 1.78. The fourth-order valence-electron chi connectivity index (χ4n) is 1.13. The van der Waals surface area contributed by atoms with Crippen molar-refractivity contribution in [2.75, 3.05) is 0 Å². The number of hydrogen-bond acceptors (Lipinski definition) is 3. The van der Waals surface area contributed by atoms with E-state index in [-0.39, 0.29) is 0 Å². The molecule has 58 valence electrons. The zero-order valence-electron chi connectivity index (χ0n) is 6.53. The van der Waals surface area contributed by atoms with Crippen LogP contribution in [0.5, 0.6) is 0 Å². The van der Waals surface area contributed by atoms with Crippen molar-refractivity contribution in [2.24, 2.45) is 0 Å². The number of aromatic nitrogens is 1. The van der Waals surface area contributed by atoms with E-state index in [0.29, 0.717) is 5.56 Å². The summed E-state index contributed by atoms with van der Waals surface area (Å²) >= 11 is 1.47. The maximum absolute atomic E-state index is 8.66. The highest BCUT2D eigenvalue weighted by atomic mass is 32.1. The van der Waals surface area contributed by atoms with E-state index in [0.717, 1.165) is 15.8 Å². The molecule has 12 heavy (non-hydrogen) atoms. The second-order valence-corrected chi connectivity index (χ2v) is 3.40. The molecule has 2 rings (SSSR count). The molecule has 2 aromatic rings. The molecular weight excluding hydrogens is 168 g/mol. The third kappa shape index (κ3) is 0.973. The first-order valence-electron chi connectivity index (χ1n) is 3.57. The van der Waals surface area contributed by atoms with Crippen LogP contribution in [-0.4, -0.2) is 4.37 Å². The van der Waals surface area contributed by atoms with Crippen molar-refractivity contribution in [1.29, 1.82) is 5.26 Å². The van der Waals surface area contributed by atoms with Crippen LogP contribution in [0, 0.1) is 18.3 Å². The summed E-state index contributed by atoms with van der Waals surface area (Å²) in [5.41, 5.74) is 1.71. The van der Waals surface area contributed by atoms with Crippen molar-refractivity contribution in [3.63, 3.8) is 0 Å². The highest BCUT2D eigenvalue weighted by molar-refractivity contribution is 7.13. The van der Waals surface area contributed by atoms with Gasteiger partial charge in [0.2, 0.25) is 0 Å². The molecule has 0 atom stereocenters. The van der Waals surface area contributed by atoms with Gasteiger partial charge in [-0.15, -0.1) is 0 Å². The summed E-state index contributed by atoms with van der Waals surface area (Å²) in [7, 11) is 0. The van der Waals surface area contributed by atoms with Gasteiger partial charge in [0.1, 0.15) is 0 Å². The average Bonchev–Trinajstić information content (AvgIpc) is 2.47. The first-order valence-corrected chi connectivity index (χ1v) is 4.35. The smallest absolute Gasteiger partial charge is 0.0991 e. The van der Waals surface area contributed by atoms with E-state index in [4.69, 9.17) is 5.26 Å². The summed E-state index contributed by atoms with van der Waals surface area (Å²) in [5.74, 6) is 0. The Balaban J connectivity index is 2.82. The molecule has 2 nitrogen and oxygen atoms in total. The Morgan fingerprint density at radius 1 is 1.50 bits per heavy atom. The first kappa shape index (κ1) is 7.26. The summed E-state index contributed by atoms with van der Waals surface area (Å²) in [6, 6.07) is 7.76. The molecule has 0 unspecified atom stereocenters. The van der Waals surface area contributed by atoms with Gasteiger partial charge in [-0.2, -0.15) is 9.64 Å². The largest absolute Gasteiger partial charge is 0.197 e. The molecule has 0 aliphatic heterocycles. The van der Waals surface area contributed by atoms with Gasteiger partial charge in [0.05, 0.1) is 22.0 Å². The summed E-state index contributed by atoms with van der Waals surface area (Å²) in [6.45, 7) is 1.96. The fraction of sp³-hybridized carbons (Fsp3) is 0.111. The van der Waals surface area contributed by atoms with Gasteiger partial charge < -0.3 is 0 Å². The van der Waals surface area contributed by atoms with E-state index in [1.165, 1.54) is 11.5 Å². The summed E-state index contributed by atoms with van der Waals surface area (Å²) in [5, 5.41) is 9.75. The lowest BCUT2D eigenvalue weighted by Crippen LogP contribution is -1.73. The van der Waals surface area contributed by atoms with Crippen molar-refractivity contribution < 1.29 is 0 Å².